The molecule has 0 saturated heterocycles. The minimum atomic E-state index is -3.02. The zero-order chi connectivity index (χ0) is 15.8. The van der Waals surface area contributed by atoms with E-state index in [1.165, 1.54) is 70.5 Å². The second-order valence-electron chi connectivity index (χ2n) is 5.95. The van der Waals surface area contributed by atoms with Crippen LogP contribution >= 0.6 is 0 Å². The lowest BCUT2D eigenvalue weighted by Crippen LogP contribution is -2.26. The van der Waals surface area contributed by atoms with Crippen LogP contribution in [0.5, 0.6) is 0 Å². The lowest BCUT2D eigenvalue weighted by Gasteiger charge is -2.05. The molecular weight excluding hydrogens is 284 g/mol. The van der Waals surface area contributed by atoms with Gasteiger partial charge in [0.25, 0.3) is 0 Å². The average Bonchev–Trinajstić information content (AvgIpc) is 2.42. The van der Waals surface area contributed by atoms with Crippen LogP contribution in [0.1, 0.15) is 77.6 Å². The van der Waals surface area contributed by atoms with Gasteiger partial charge in [0.05, 0.1) is 6.26 Å². The van der Waals surface area contributed by atoms with Gasteiger partial charge in [0, 0.05) is 6.54 Å². The van der Waals surface area contributed by atoms with E-state index in [0.717, 1.165) is 19.5 Å². The summed E-state index contributed by atoms with van der Waals surface area (Å²) >= 11 is 0. The molecule has 128 valence electrons. The summed E-state index contributed by atoms with van der Waals surface area (Å²) in [7, 11) is -3.02. The summed E-state index contributed by atoms with van der Waals surface area (Å²) in [6.07, 6.45) is 15.7. The molecule has 0 radical (unpaired) electrons. The van der Waals surface area contributed by atoms with Crippen LogP contribution in [0.2, 0.25) is 0 Å². The van der Waals surface area contributed by atoms with Gasteiger partial charge in [-0.2, -0.15) is 0 Å². The van der Waals surface area contributed by atoms with Crippen LogP contribution < -0.4 is 10.0 Å². The Hall–Kier alpha value is -0.130. The highest BCUT2D eigenvalue weighted by molar-refractivity contribution is 7.88. The number of unbranched alkanes of at least 4 members (excludes halogenated alkanes) is 9. The Labute approximate surface area is 132 Å². The van der Waals surface area contributed by atoms with Gasteiger partial charge in [-0.15, -0.1) is 0 Å². The molecule has 0 aromatic carbocycles. The van der Waals surface area contributed by atoms with Gasteiger partial charge in [-0.1, -0.05) is 64.7 Å². The lowest BCUT2D eigenvalue weighted by atomic mass is 10.1. The highest BCUT2D eigenvalue weighted by atomic mass is 32.2. The molecule has 0 aliphatic heterocycles. The standard InChI is InChI=1S/C16H36N2O2S/c1-3-4-5-6-7-8-9-10-11-12-14-17-15-13-16-18-21(2,19)20/h17-18H,3-16H2,1-2H3. The molecule has 0 rings (SSSR count). The fraction of sp³-hybridized carbons (Fsp3) is 1.00. The van der Waals surface area contributed by atoms with E-state index in [9.17, 15) is 8.42 Å². The minimum Gasteiger partial charge on any atom is -0.317 e. The molecule has 0 aliphatic carbocycles. The van der Waals surface area contributed by atoms with Crippen molar-refractivity contribution in [3.05, 3.63) is 0 Å². The highest BCUT2D eigenvalue weighted by Crippen LogP contribution is 2.10. The summed E-state index contributed by atoms with van der Waals surface area (Å²) in [6.45, 7) is 4.73. The Morgan fingerprint density at radius 3 is 1.67 bits per heavy atom. The molecule has 0 fully saturated rings. The van der Waals surface area contributed by atoms with E-state index in [4.69, 9.17) is 0 Å². The SMILES string of the molecule is CCCCCCCCCCCCNCCCNS(C)(=O)=O. The molecule has 0 aromatic rings. The van der Waals surface area contributed by atoms with Gasteiger partial charge in [0.15, 0.2) is 0 Å². The van der Waals surface area contributed by atoms with E-state index in [1.807, 2.05) is 0 Å². The molecule has 0 unspecified atom stereocenters. The van der Waals surface area contributed by atoms with Gasteiger partial charge in [0.2, 0.25) is 10.0 Å². The molecule has 2 N–H and O–H groups in total. The average molecular weight is 321 g/mol. The molecule has 21 heavy (non-hydrogen) atoms. The molecule has 0 aromatic heterocycles. The van der Waals surface area contributed by atoms with Crippen molar-refractivity contribution in [2.24, 2.45) is 0 Å². The van der Waals surface area contributed by atoms with Crippen LogP contribution in [0.25, 0.3) is 0 Å². The third-order valence-corrected chi connectivity index (χ3v) is 4.33. The predicted molar refractivity (Wildman–Crippen MR) is 92.2 cm³/mol. The summed E-state index contributed by atoms with van der Waals surface area (Å²) < 4.78 is 24.2. The largest absolute Gasteiger partial charge is 0.317 e. The molecule has 0 bridgehead atoms. The van der Waals surface area contributed by atoms with E-state index < -0.39 is 10.0 Å². The molecule has 0 atom stereocenters. The Morgan fingerprint density at radius 1 is 0.667 bits per heavy atom. The molecule has 0 saturated carbocycles. The zero-order valence-electron chi connectivity index (χ0n) is 14.1. The van der Waals surface area contributed by atoms with Gasteiger partial charge in [0.1, 0.15) is 0 Å². The summed E-state index contributed by atoms with van der Waals surface area (Å²) in [4.78, 5) is 0. The number of rotatable bonds is 16. The lowest BCUT2D eigenvalue weighted by molar-refractivity contribution is 0.539. The normalized spacial score (nSPS) is 11.9. The molecule has 0 aliphatic rings. The first-order valence-electron chi connectivity index (χ1n) is 8.71. The second kappa shape index (κ2) is 14.8. The van der Waals surface area contributed by atoms with E-state index in [1.54, 1.807) is 0 Å². The van der Waals surface area contributed by atoms with Crippen molar-refractivity contribution in [2.45, 2.75) is 77.6 Å². The Kier molecular flexibility index (Phi) is 14.7. The van der Waals surface area contributed by atoms with Crippen molar-refractivity contribution in [1.82, 2.24) is 10.0 Å². The Bertz CT molecular complexity index is 305. The van der Waals surface area contributed by atoms with Crippen molar-refractivity contribution >= 4 is 10.0 Å². The second-order valence-corrected chi connectivity index (χ2v) is 7.79. The quantitative estimate of drug-likeness (QED) is 0.428. The van der Waals surface area contributed by atoms with Crippen LogP contribution in [0.3, 0.4) is 0 Å². The third-order valence-electron chi connectivity index (χ3n) is 3.60. The number of nitrogens with one attached hydrogen (secondary N) is 2. The fourth-order valence-corrected chi connectivity index (χ4v) is 2.85. The van der Waals surface area contributed by atoms with Crippen molar-refractivity contribution in [3.63, 3.8) is 0 Å². The van der Waals surface area contributed by atoms with Crippen LogP contribution in [-0.4, -0.2) is 34.3 Å². The molecule has 0 amide bonds. The predicted octanol–water partition coefficient (Wildman–Crippen LogP) is 3.44. The van der Waals surface area contributed by atoms with Crippen molar-refractivity contribution in [3.8, 4) is 0 Å². The first-order chi connectivity index (χ1) is 10.1. The first-order valence-corrected chi connectivity index (χ1v) is 10.6. The number of hydrogen-bond donors (Lipinski definition) is 2. The maximum atomic E-state index is 10.8. The molecular formula is C16H36N2O2S. The van der Waals surface area contributed by atoms with Crippen LogP contribution in [0, 0.1) is 0 Å². The van der Waals surface area contributed by atoms with Gasteiger partial charge in [-0.3, -0.25) is 0 Å². The van der Waals surface area contributed by atoms with Gasteiger partial charge in [-0.25, -0.2) is 13.1 Å². The monoisotopic (exact) mass is 320 g/mol. The van der Waals surface area contributed by atoms with Gasteiger partial charge in [-0.05, 0) is 25.9 Å². The van der Waals surface area contributed by atoms with Crippen LogP contribution in [0.15, 0.2) is 0 Å². The third kappa shape index (κ3) is 19.9. The van der Waals surface area contributed by atoms with Crippen LogP contribution in [-0.2, 0) is 10.0 Å². The van der Waals surface area contributed by atoms with E-state index >= 15 is 0 Å². The first kappa shape index (κ1) is 20.9. The van der Waals surface area contributed by atoms with Crippen molar-refractivity contribution in [2.75, 3.05) is 25.9 Å². The van der Waals surface area contributed by atoms with Crippen molar-refractivity contribution in [1.29, 1.82) is 0 Å². The zero-order valence-corrected chi connectivity index (χ0v) is 14.9. The van der Waals surface area contributed by atoms with E-state index in [-0.39, 0.29) is 0 Å². The maximum Gasteiger partial charge on any atom is 0.208 e. The summed E-state index contributed by atoms with van der Waals surface area (Å²) in [5.41, 5.74) is 0. The molecule has 0 spiro atoms. The maximum absolute atomic E-state index is 10.8. The fourth-order valence-electron chi connectivity index (χ4n) is 2.33. The van der Waals surface area contributed by atoms with E-state index in [0.29, 0.717) is 6.54 Å². The summed E-state index contributed by atoms with van der Waals surface area (Å²) in [6, 6.07) is 0. The Morgan fingerprint density at radius 2 is 1.14 bits per heavy atom. The molecule has 5 heteroatoms. The number of hydrogen-bond acceptors (Lipinski definition) is 3. The van der Waals surface area contributed by atoms with E-state index in [2.05, 4.69) is 17.0 Å². The van der Waals surface area contributed by atoms with Crippen LogP contribution in [0.4, 0.5) is 0 Å². The number of sulfonamides is 1. The summed E-state index contributed by atoms with van der Waals surface area (Å²) in [5, 5.41) is 3.36. The van der Waals surface area contributed by atoms with Gasteiger partial charge >= 0.3 is 0 Å². The molecule has 4 nitrogen and oxygen atoms in total. The smallest absolute Gasteiger partial charge is 0.208 e. The Balaban J connectivity index is 3.03. The highest BCUT2D eigenvalue weighted by Gasteiger charge is 1.98. The van der Waals surface area contributed by atoms with Gasteiger partial charge < -0.3 is 5.32 Å². The summed E-state index contributed by atoms with van der Waals surface area (Å²) in [5.74, 6) is 0. The van der Waals surface area contributed by atoms with Crippen molar-refractivity contribution < 1.29 is 8.42 Å². The topological polar surface area (TPSA) is 58.2 Å². The minimum absolute atomic E-state index is 0.532. The molecule has 0 heterocycles.